The second-order valence-corrected chi connectivity index (χ2v) is 8.74. The van der Waals surface area contributed by atoms with Gasteiger partial charge in [-0.2, -0.15) is 0 Å². The molecule has 2 aliphatic heterocycles. The third-order valence-corrected chi connectivity index (χ3v) is 5.95. The van der Waals surface area contributed by atoms with Gasteiger partial charge in [0.1, 0.15) is 11.1 Å². The zero-order valence-corrected chi connectivity index (χ0v) is 17.8. The fourth-order valence-electron chi connectivity index (χ4n) is 4.67. The van der Waals surface area contributed by atoms with Crippen LogP contribution >= 0.6 is 0 Å². The summed E-state index contributed by atoms with van der Waals surface area (Å²) in [6.07, 6.45) is 3.35. The lowest BCUT2D eigenvalue weighted by Crippen LogP contribution is -2.46. The van der Waals surface area contributed by atoms with Crippen LogP contribution in [-0.2, 0) is 4.79 Å². The van der Waals surface area contributed by atoms with Crippen molar-refractivity contribution in [2.75, 3.05) is 4.90 Å². The Kier molecular flexibility index (Phi) is 3.96. The van der Waals surface area contributed by atoms with Crippen molar-refractivity contribution in [2.24, 2.45) is 0 Å². The van der Waals surface area contributed by atoms with E-state index < -0.39 is 16.9 Å². The fourth-order valence-corrected chi connectivity index (χ4v) is 4.67. The number of anilines is 1. The summed E-state index contributed by atoms with van der Waals surface area (Å²) in [6, 6.07) is 12.5. The molecule has 0 unspecified atom stereocenters. The predicted octanol–water partition coefficient (Wildman–Crippen LogP) is 4.91. The zero-order valence-electron chi connectivity index (χ0n) is 17.8. The second-order valence-electron chi connectivity index (χ2n) is 8.74. The van der Waals surface area contributed by atoms with Crippen molar-refractivity contribution >= 4 is 39.5 Å². The van der Waals surface area contributed by atoms with E-state index in [1.165, 1.54) is 12.1 Å². The predicted molar refractivity (Wildman–Crippen MR) is 121 cm³/mol. The first kappa shape index (κ1) is 19.2. The van der Waals surface area contributed by atoms with Gasteiger partial charge >= 0.3 is 5.63 Å². The Bertz CT molecular complexity index is 1440. The van der Waals surface area contributed by atoms with Gasteiger partial charge in [-0.25, -0.2) is 4.79 Å². The van der Waals surface area contributed by atoms with Gasteiger partial charge in [0.15, 0.2) is 5.78 Å². The van der Waals surface area contributed by atoms with Gasteiger partial charge in [0.2, 0.25) is 0 Å². The molecule has 0 N–H and O–H groups in total. The highest BCUT2D eigenvalue weighted by molar-refractivity contribution is 6.37. The molecule has 0 saturated heterocycles. The summed E-state index contributed by atoms with van der Waals surface area (Å²) >= 11 is 0. The number of hydrogen-bond donors (Lipinski definition) is 0. The molecule has 5 rings (SSSR count). The van der Waals surface area contributed by atoms with Gasteiger partial charge in [0, 0.05) is 16.5 Å². The van der Waals surface area contributed by atoms with E-state index in [1.54, 1.807) is 29.2 Å². The van der Waals surface area contributed by atoms with E-state index in [4.69, 9.17) is 4.42 Å². The smallest absolute Gasteiger partial charge is 0.347 e. The molecule has 0 radical (unpaired) electrons. The number of amides is 1. The van der Waals surface area contributed by atoms with Crippen molar-refractivity contribution in [3.05, 3.63) is 87.3 Å². The van der Waals surface area contributed by atoms with Gasteiger partial charge in [-0.3, -0.25) is 14.5 Å². The lowest BCUT2D eigenvalue weighted by Gasteiger charge is -2.38. The van der Waals surface area contributed by atoms with E-state index in [1.807, 2.05) is 33.8 Å². The zero-order chi connectivity index (χ0) is 22.1. The molecular weight excluding hydrogens is 390 g/mol. The molecule has 0 atom stereocenters. The van der Waals surface area contributed by atoms with Crippen LogP contribution in [0.1, 0.15) is 47.8 Å². The first-order valence-corrected chi connectivity index (χ1v) is 10.2. The number of benzene rings is 2. The molecule has 1 aromatic heterocycles. The molecule has 0 aliphatic carbocycles. The average Bonchev–Trinajstić information content (AvgIpc) is 2.98. The van der Waals surface area contributed by atoms with E-state index in [2.05, 4.69) is 12.1 Å². The minimum absolute atomic E-state index is 0.0877. The number of ketones is 1. The summed E-state index contributed by atoms with van der Waals surface area (Å²) in [6.45, 7) is 7.95. The van der Waals surface area contributed by atoms with Crippen LogP contribution in [0.15, 0.2) is 63.8 Å². The summed E-state index contributed by atoms with van der Waals surface area (Å²) in [5, 5.41) is 0.653. The highest BCUT2D eigenvalue weighted by atomic mass is 16.4. The summed E-state index contributed by atoms with van der Waals surface area (Å²) in [7, 11) is 0. The first-order valence-electron chi connectivity index (χ1n) is 10.2. The number of hydrogen-bond acceptors (Lipinski definition) is 4. The van der Waals surface area contributed by atoms with Crippen LogP contribution in [0.4, 0.5) is 5.69 Å². The fraction of sp³-hybridized carbons (Fsp3) is 0.192. The molecule has 2 aromatic carbocycles. The minimum Gasteiger partial charge on any atom is -0.422 e. The molecule has 5 nitrogen and oxygen atoms in total. The molecule has 3 aromatic rings. The van der Waals surface area contributed by atoms with E-state index >= 15 is 0 Å². The summed E-state index contributed by atoms with van der Waals surface area (Å²) in [4.78, 5) is 40.7. The summed E-state index contributed by atoms with van der Waals surface area (Å²) in [5.74, 6) is -0.783. The van der Waals surface area contributed by atoms with Crippen molar-refractivity contribution in [2.45, 2.75) is 33.2 Å². The third-order valence-electron chi connectivity index (χ3n) is 5.95. The van der Waals surface area contributed by atoms with Crippen molar-refractivity contribution in [1.29, 1.82) is 0 Å². The third kappa shape index (κ3) is 2.81. The normalized spacial score (nSPS) is 17.8. The Morgan fingerprint density at radius 3 is 2.52 bits per heavy atom. The monoisotopic (exact) mass is 411 g/mol. The van der Waals surface area contributed by atoms with Gasteiger partial charge in [0.25, 0.3) is 5.91 Å². The van der Waals surface area contributed by atoms with Crippen LogP contribution in [0.5, 0.6) is 0 Å². The van der Waals surface area contributed by atoms with Gasteiger partial charge in [0.05, 0.1) is 16.8 Å². The van der Waals surface area contributed by atoms with Crippen molar-refractivity contribution < 1.29 is 14.0 Å². The standard InChI is InChI=1S/C26H21NO4/c1-14-9-17-15(2)13-26(3,4)27-23(17)18(10-14)19(24(27)29)12-21(28)20-11-16-7-5-6-8-22(16)31-25(20)30/h5-13H,1-4H3/b19-12-. The second kappa shape index (κ2) is 6.38. The number of rotatable bonds is 2. The van der Waals surface area contributed by atoms with E-state index in [0.29, 0.717) is 16.5 Å². The Balaban J connectivity index is 1.69. The molecule has 154 valence electrons. The number of fused-ring (bicyclic) bond motifs is 1. The van der Waals surface area contributed by atoms with E-state index in [9.17, 15) is 14.4 Å². The lowest BCUT2D eigenvalue weighted by atomic mass is 9.88. The summed E-state index contributed by atoms with van der Waals surface area (Å²) < 4.78 is 5.30. The SMILES string of the molecule is CC1=CC(C)(C)N2C(=O)/C(=C\C(=O)c3cc4ccccc4oc3=O)c3cc(C)cc1c32. The quantitative estimate of drug-likeness (QED) is 0.341. The number of allylic oxidation sites excluding steroid dienone is 2. The number of nitrogens with zero attached hydrogens (tertiary/aromatic N) is 1. The Morgan fingerprint density at radius 1 is 1.03 bits per heavy atom. The Hall–Kier alpha value is -3.73. The average molecular weight is 411 g/mol. The minimum atomic E-state index is -0.713. The molecule has 5 heteroatoms. The molecule has 0 fully saturated rings. The molecule has 0 bridgehead atoms. The molecule has 0 spiro atoms. The Morgan fingerprint density at radius 2 is 1.74 bits per heavy atom. The molecule has 0 saturated carbocycles. The lowest BCUT2D eigenvalue weighted by molar-refractivity contribution is -0.113. The topological polar surface area (TPSA) is 67.6 Å². The van der Waals surface area contributed by atoms with Crippen LogP contribution in [0.25, 0.3) is 22.1 Å². The largest absolute Gasteiger partial charge is 0.422 e. The van der Waals surface area contributed by atoms with Crippen LogP contribution in [-0.4, -0.2) is 17.2 Å². The van der Waals surface area contributed by atoms with Crippen molar-refractivity contribution in [3.8, 4) is 0 Å². The first-order chi connectivity index (χ1) is 14.7. The van der Waals surface area contributed by atoms with E-state index in [-0.39, 0.29) is 11.5 Å². The van der Waals surface area contributed by atoms with Gasteiger partial charge < -0.3 is 4.42 Å². The van der Waals surface area contributed by atoms with Gasteiger partial charge in [-0.1, -0.05) is 24.3 Å². The van der Waals surface area contributed by atoms with Crippen molar-refractivity contribution in [3.63, 3.8) is 0 Å². The van der Waals surface area contributed by atoms with E-state index in [0.717, 1.165) is 28.0 Å². The number of carbonyl (C=O) groups is 2. The van der Waals surface area contributed by atoms with Gasteiger partial charge in [-0.15, -0.1) is 0 Å². The van der Waals surface area contributed by atoms with Crippen LogP contribution in [0.2, 0.25) is 0 Å². The van der Waals surface area contributed by atoms with Gasteiger partial charge in [-0.05, 0) is 69.2 Å². The Labute approximate surface area is 179 Å². The van der Waals surface area contributed by atoms with Crippen molar-refractivity contribution in [1.82, 2.24) is 0 Å². The molecule has 1 amide bonds. The molecule has 31 heavy (non-hydrogen) atoms. The highest BCUT2D eigenvalue weighted by Gasteiger charge is 2.44. The molecule has 3 heterocycles. The number of para-hydroxylation sites is 1. The maximum absolute atomic E-state index is 13.5. The number of aryl methyl sites for hydroxylation is 1. The molecule has 2 aliphatic rings. The number of carbonyl (C=O) groups excluding carboxylic acids is 2. The molecular formula is C26H21NO4. The highest BCUT2D eigenvalue weighted by Crippen LogP contribution is 2.49. The van der Waals surface area contributed by atoms with Crippen LogP contribution < -0.4 is 10.5 Å². The summed E-state index contributed by atoms with van der Waals surface area (Å²) in [5.41, 5.74) is 4.02. The maximum atomic E-state index is 13.5. The van der Waals surface area contributed by atoms with Crippen LogP contribution in [0.3, 0.4) is 0 Å². The van der Waals surface area contributed by atoms with Crippen LogP contribution in [0, 0.1) is 6.92 Å². The maximum Gasteiger partial charge on any atom is 0.347 e.